The van der Waals surface area contributed by atoms with Crippen molar-refractivity contribution in [2.24, 2.45) is 5.92 Å². The Labute approximate surface area is 108 Å². The number of carbonyl (C=O) groups is 2. The second-order valence-electron chi connectivity index (χ2n) is 4.87. The van der Waals surface area contributed by atoms with Crippen LogP contribution in [0.25, 0.3) is 0 Å². The Kier molecular flexibility index (Phi) is 6.07. The lowest BCUT2D eigenvalue weighted by Crippen LogP contribution is -2.48. The average Bonchev–Trinajstić information content (AvgIpc) is 2.31. The van der Waals surface area contributed by atoms with E-state index in [4.69, 9.17) is 0 Å². The highest BCUT2D eigenvalue weighted by atomic mass is 16.3. The molecule has 0 aromatic rings. The molecule has 0 bridgehead atoms. The van der Waals surface area contributed by atoms with Gasteiger partial charge in [0.05, 0.1) is 12.6 Å². The highest BCUT2D eigenvalue weighted by Gasteiger charge is 2.25. The number of carbonyl (C=O) groups excluding carboxylic acids is 2. The van der Waals surface area contributed by atoms with E-state index in [-0.39, 0.29) is 24.5 Å². The van der Waals surface area contributed by atoms with Crippen LogP contribution >= 0.6 is 0 Å². The molecule has 1 aliphatic heterocycles. The Bertz CT molecular complexity index is 296. The van der Waals surface area contributed by atoms with E-state index in [1.807, 2.05) is 18.7 Å². The Balaban J connectivity index is 2.26. The summed E-state index contributed by atoms with van der Waals surface area (Å²) in [6.45, 7) is 6.05. The van der Waals surface area contributed by atoms with Crippen molar-refractivity contribution in [3.63, 3.8) is 0 Å². The van der Waals surface area contributed by atoms with Gasteiger partial charge in [-0.25, -0.2) is 4.79 Å². The van der Waals surface area contributed by atoms with E-state index in [2.05, 4.69) is 10.6 Å². The molecule has 2 unspecified atom stereocenters. The van der Waals surface area contributed by atoms with Gasteiger partial charge >= 0.3 is 6.03 Å². The fraction of sp³-hybridized carbons (Fsp3) is 0.833. The van der Waals surface area contributed by atoms with Crippen LogP contribution in [0.1, 0.15) is 26.7 Å². The number of piperidine rings is 1. The zero-order valence-corrected chi connectivity index (χ0v) is 11.1. The fourth-order valence-corrected chi connectivity index (χ4v) is 2.02. The third kappa shape index (κ3) is 5.01. The van der Waals surface area contributed by atoms with Gasteiger partial charge in [0.1, 0.15) is 0 Å². The summed E-state index contributed by atoms with van der Waals surface area (Å²) in [5, 5.41) is 14.5. The monoisotopic (exact) mass is 257 g/mol. The minimum atomic E-state index is -0.438. The van der Waals surface area contributed by atoms with Crippen LogP contribution in [-0.4, -0.2) is 54.2 Å². The minimum Gasteiger partial charge on any atom is -0.393 e. The number of likely N-dealkylation sites (tertiary alicyclic amines) is 1. The Morgan fingerprint density at radius 2 is 2.17 bits per heavy atom. The number of rotatable bonds is 4. The molecule has 0 radical (unpaired) electrons. The smallest absolute Gasteiger partial charge is 0.321 e. The van der Waals surface area contributed by atoms with Crippen LogP contribution in [0.2, 0.25) is 0 Å². The van der Waals surface area contributed by atoms with Crippen molar-refractivity contribution in [2.45, 2.75) is 32.8 Å². The van der Waals surface area contributed by atoms with Crippen molar-refractivity contribution in [1.82, 2.24) is 15.5 Å². The zero-order valence-electron chi connectivity index (χ0n) is 11.1. The first-order valence-electron chi connectivity index (χ1n) is 6.51. The van der Waals surface area contributed by atoms with E-state index >= 15 is 0 Å². The summed E-state index contributed by atoms with van der Waals surface area (Å²) in [6.07, 6.45) is 1.23. The number of urea groups is 1. The molecule has 0 aliphatic carbocycles. The van der Waals surface area contributed by atoms with Gasteiger partial charge in [-0.15, -0.1) is 0 Å². The molecule has 6 nitrogen and oxygen atoms in total. The summed E-state index contributed by atoms with van der Waals surface area (Å²) in [6, 6.07) is -0.438. The third-order valence-corrected chi connectivity index (χ3v) is 3.10. The van der Waals surface area contributed by atoms with Crippen LogP contribution < -0.4 is 10.6 Å². The number of imide groups is 1. The van der Waals surface area contributed by atoms with Crippen LogP contribution in [0.5, 0.6) is 0 Å². The first-order chi connectivity index (χ1) is 8.52. The van der Waals surface area contributed by atoms with Gasteiger partial charge in [-0.05, 0) is 18.8 Å². The molecule has 1 saturated heterocycles. The van der Waals surface area contributed by atoms with Gasteiger partial charge in [-0.3, -0.25) is 15.0 Å². The first kappa shape index (κ1) is 14.9. The van der Waals surface area contributed by atoms with Crippen LogP contribution in [0, 0.1) is 5.92 Å². The summed E-state index contributed by atoms with van der Waals surface area (Å²) in [5.74, 6) is -0.132. The largest absolute Gasteiger partial charge is 0.393 e. The molecule has 0 aromatic carbocycles. The van der Waals surface area contributed by atoms with Crippen molar-refractivity contribution in [3.8, 4) is 0 Å². The second-order valence-corrected chi connectivity index (χ2v) is 4.87. The molecule has 1 aliphatic rings. The fourth-order valence-electron chi connectivity index (χ4n) is 2.02. The van der Waals surface area contributed by atoms with E-state index in [1.165, 1.54) is 0 Å². The Morgan fingerprint density at radius 1 is 1.44 bits per heavy atom. The molecular weight excluding hydrogens is 234 g/mol. The van der Waals surface area contributed by atoms with Crippen LogP contribution in [0.15, 0.2) is 0 Å². The minimum absolute atomic E-state index is 0.167. The first-order valence-corrected chi connectivity index (χ1v) is 6.51. The summed E-state index contributed by atoms with van der Waals surface area (Å²) in [4.78, 5) is 24.8. The number of aliphatic hydroxyl groups excluding tert-OH is 1. The maximum absolute atomic E-state index is 11.6. The van der Waals surface area contributed by atoms with E-state index in [9.17, 15) is 14.7 Å². The summed E-state index contributed by atoms with van der Waals surface area (Å²) < 4.78 is 0. The SMILES string of the molecule is CCCNC(=O)NC(=O)CN1CCC(O)C(C)C1. The molecule has 6 heteroatoms. The lowest BCUT2D eigenvalue weighted by atomic mass is 9.97. The summed E-state index contributed by atoms with van der Waals surface area (Å²) in [7, 11) is 0. The van der Waals surface area contributed by atoms with Crippen molar-refractivity contribution in [1.29, 1.82) is 0 Å². The van der Waals surface area contributed by atoms with Crippen LogP contribution in [0.3, 0.4) is 0 Å². The number of amides is 3. The lowest BCUT2D eigenvalue weighted by molar-refractivity contribution is -0.122. The van der Waals surface area contributed by atoms with Gasteiger partial charge in [-0.2, -0.15) is 0 Å². The lowest BCUT2D eigenvalue weighted by Gasteiger charge is -2.33. The van der Waals surface area contributed by atoms with Crippen LogP contribution in [-0.2, 0) is 4.79 Å². The highest BCUT2D eigenvalue weighted by molar-refractivity contribution is 5.95. The predicted molar refractivity (Wildman–Crippen MR) is 68.1 cm³/mol. The van der Waals surface area contributed by atoms with E-state index in [0.717, 1.165) is 6.42 Å². The molecule has 0 spiro atoms. The molecule has 3 amide bonds. The highest BCUT2D eigenvalue weighted by Crippen LogP contribution is 2.15. The molecule has 1 rings (SSSR count). The van der Waals surface area contributed by atoms with Gasteiger partial charge in [0, 0.05) is 19.6 Å². The van der Waals surface area contributed by atoms with Crippen molar-refractivity contribution in [2.75, 3.05) is 26.2 Å². The molecule has 1 fully saturated rings. The Hall–Kier alpha value is -1.14. The molecule has 104 valence electrons. The quantitative estimate of drug-likeness (QED) is 0.658. The van der Waals surface area contributed by atoms with Gasteiger partial charge in [-0.1, -0.05) is 13.8 Å². The van der Waals surface area contributed by atoms with E-state index in [1.54, 1.807) is 0 Å². The summed E-state index contributed by atoms with van der Waals surface area (Å²) >= 11 is 0. The van der Waals surface area contributed by atoms with E-state index < -0.39 is 6.03 Å². The maximum Gasteiger partial charge on any atom is 0.321 e. The van der Waals surface area contributed by atoms with E-state index in [0.29, 0.717) is 26.1 Å². The molecular formula is C12H23N3O3. The molecule has 1 heterocycles. The Morgan fingerprint density at radius 3 is 2.78 bits per heavy atom. The third-order valence-electron chi connectivity index (χ3n) is 3.10. The molecule has 0 saturated carbocycles. The number of aliphatic hydroxyl groups is 1. The van der Waals surface area contributed by atoms with Gasteiger partial charge in [0.2, 0.25) is 5.91 Å². The summed E-state index contributed by atoms with van der Waals surface area (Å²) in [5.41, 5.74) is 0. The zero-order chi connectivity index (χ0) is 13.5. The topological polar surface area (TPSA) is 81.7 Å². The predicted octanol–water partition coefficient (Wildman–Crippen LogP) is -0.0751. The van der Waals surface area contributed by atoms with Crippen molar-refractivity contribution in [3.05, 3.63) is 0 Å². The van der Waals surface area contributed by atoms with Gasteiger partial charge < -0.3 is 10.4 Å². The normalized spacial score (nSPS) is 24.6. The number of hydrogen-bond donors (Lipinski definition) is 3. The second kappa shape index (κ2) is 7.33. The van der Waals surface area contributed by atoms with Crippen LogP contribution in [0.4, 0.5) is 4.79 Å². The number of nitrogens with zero attached hydrogens (tertiary/aromatic N) is 1. The maximum atomic E-state index is 11.6. The molecule has 0 aromatic heterocycles. The van der Waals surface area contributed by atoms with Crippen molar-refractivity contribution >= 4 is 11.9 Å². The molecule has 18 heavy (non-hydrogen) atoms. The molecule has 2 atom stereocenters. The van der Waals surface area contributed by atoms with Crippen molar-refractivity contribution < 1.29 is 14.7 Å². The standard InChI is InChI=1S/C12H23N3O3/c1-3-5-13-12(18)14-11(17)8-15-6-4-10(16)9(2)7-15/h9-10,16H,3-8H2,1-2H3,(H2,13,14,17,18). The number of hydrogen-bond acceptors (Lipinski definition) is 4. The molecule has 3 N–H and O–H groups in total. The van der Waals surface area contributed by atoms with Gasteiger partial charge in [0.25, 0.3) is 0 Å². The van der Waals surface area contributed by atoms with Gasteiger partial charge in [0.15, 0.2) is 0 Å². The number of nitrogens with one attached hydrogen (secondary N) is 2. The average molecular weight is 257 g/mol.